The number of nitrogens with one attached hydrogen (secondary N) is 1. The van der Waals surface area contributed by atoms with Gasteiger partial charge in [-0.05, 0) is 18.3 Å². The van der Waals surface area contributed by atoms with Crippen molar-refractivity contribution in [3.63, 3.8) is 0 Å². The topological polar surface area (TPSA) is 66.4 Å². The van der Waals surface area contributed by atoms with E-state index in [2.05, 4.69) is 5.32 Å². The second-order valence-electron chi connectivity index (χ2n) is 4.99. The number of amides is 1. The number of carboxylic acids is 1. The van der Waals surface area contributed by atoms with E-state index in [4.69, 9.17) is 5.11 Å². The van der Waals surface area contributed by atoms with E-state index in [1.54, 1.807) is 12.2 Å². The highest BCUT2D eigenvalue weighted by atomic mass is 19.4. The number of carbonyl (C=O) groups is 2. The van der Waals surface area contributed by atoms with Crippen molar-refractivity contribution in [1.29, 1.82) is 0 Å². The zero-order chi connectivity index (χ0) is 14.2. The molecule has 1 fully saturated rings. The first-order valence-corrected chi connectivity index (χ1v) is 6.05. The van der Waals surface area contributed by atoms with Crippen molar-refractivity contribution < 1.29 is 27.9 Å². The van der Waals surface area contributed by atoms with Crippen LogP contribution in [0.4, 0.5) is 13.2 Å². The molecule has 0 aliphatic heterocycles. The Labute approximate surface area is 107 Å². The van der Waals surface area contributed by atoms with Gasteiger partial charge in [0.15, 0.2) is 0 Å². The molecule has 2 rings (SSSR count). The maximum Gasteiger partial charge on any atom is 0.390 e. The molecule has 106 valence electrons. The molecule has 7 heteroatoms. The first kappa shape index (κ1) is 13.9. The standard InChI is InChI=1S/C12H14F3NO3/c13-12(14,15)3-4-16-10(17)8-6-1-2-7(5-6)9(8)11(18)19/h1-2,6-9H,3-5H2,(H,16,17)(H,18,19)/t6?,7?,8-,9+/m0/s1. The monoisotopic (exact) mass is 277 g/mol. The third-order valence-corrected chi connectivity index (χ3v) is 3.75. The highest BCUT2D eigenvalue weighted by Crippen LogP contribution is 2.48. The largest absolute Gasteiger partial charge is 0.481 e. The van der Waals surface area contributed by atoms with Gasteiger partial charge < -0.3 is 10.4 Å². The Balaban J connectivity index is 1.95. The van der Waals surface area contributed by atoms with Gasteiger partial charge in [0.25, 0.3) is 0 Å². The van der Waals surface area contributed by atoms with E-state index >= 15 is 0 Å². The maximum atomic E-state index is 12.0. The van der Waals surface area contributed by atoms with Gasteiger partial charge in [-0.25, -0.2) is 0 Å². The normalized spacial score (nSPS) is 32.6. The SMILES string of the molecule is O=C(O)[C@@H]1C2C=CC(C2)[C@@H]1C(=O)NCCC(F)(F)F. The first-order chi connectivity index (χ1) is 8.79. The molecule has 4 atom stereocenters. The predicted molar refractivity (Wildman–Crippen MR) is 59.0 cm³/mol. The van der Waals surface area contributed by atoms with Crippen LogP contribution in [0.2, 0.25) is 0 Å². The summed E-state index contributed by atoms with van der Waals surface area (Å²) in [6, 6.07) is 0. The minimum atomic E-state index is -4.33. The van der Waals surface area contributed by atoms with E-state index in [9.17, 15) is 22.8 Å². The van der Waals surface area contributed by atoms with Gasteiger partial charge in [-0.2, -0.15) is 13.2 Å². The van der Waals surface area contributed by atoms with Gasteiger partial charge in [-0.15, -0.1) is 0 Å². The van der Waals surface area contributed by atoms with Gasteiger partial charge in [0.05, 0.1) is 18.3 Å². The number of carbonyl (C=O) groups excluding carboxylic acids is 1. The van der Waals surface area contributed by atoms with Gasteiger partial charge in [-0.1, -0.05) is 12.2 Å². The van der Waals surface area contributed by atoms with Crippen LogP contribution in [0.5, 0.6) is 0 Å². The fraction of sp³-hybridized carbons (Fsp3) is 0.667. The van der Waals surface area contributed by atoms with E-state index in [1.807, 2.05) is 0 Å². The van der Waals surface area contributed by atoms with Crippen LogP contribution in [-0.2, 0) is 9.59 Å². The van der Waals surface area contributed by atoms with Crippen LogP contribution in [-0.4, -0.2) is 29.7 Å². The molecule has 2 N–H and O–H groups in total. The molecule has 2 unspecified atom stereocenters. The fourth-order valence-corrected chi connectivity index (χ4v) is 2.96. The summed E-state index contributed by atoms with van der Waals surface area (Å²) in [4.78, 5) is 23.0. The van der Waals surface area contributed by atoms with Crippen LogP contribution in [0, 0.1) is 23.7 Å². The number of alkyl halides is 3. The number of carboxylic acid groups (broad SMARTS) is 1. The Morgan fingerprint density at radius 1 is 1.21 bits per heavy atom. The molecule has 1 amide bonds. The summed E-state index contributed by atoms with van der Waals surface area (Å²) in [5.41, 5.74) is 0. The Morgan fingerprint density at radius 3 is 2.32 bits per heavy atom. The van der Waals surface area contributed by atoms with Gasteiger partial charge in [0, 0.05) is 6.54 Å². The summed E-state index contributed by atoms with van der Waals surface area (Å²) in [5.74, 6) is -3.57. The number of halogens is 3. The van der Waals surface area contributed by atoms with Crippen molar-refractivity contribution in [3.8, 4) is 0 Å². The number of rotatable bonds is 4. The Morgan fingerprint density at radius 2 is 1.79 bits per heavy atom. The third-order valence-electron chi connectivity index (χ3n) is 3.75. The lowest BCUT2D eigenvalue weighted by Crippen LogP contribution is -2.41. The van der Waals surface area contributed by atoms with Crippen molar-refractivity contribution in [2.75, 3.05) is 6.54 Å². The molecule has 0 spiro atoms. The van der Waals surface area contributed by atoms with E-state index < -0.39 is 42.9 Å². The molecule has 0 aromatic heterocycles. The summed E-state index contributed by atoms with van der Waals surface area (Å²) < 4.78 is 35.9. The van der Waals surface area contributed by atoms with Crippen molar-refractivity contribution >= 4 is 11.9 Å². The molecule has 0 saturated heterocycles. The third kappa shape index (κ3) is 2.90. The van der Waals surface area contributed by atoms with Gasteiger partial charge in [0.2, 0.25) is 5.91 Å². The zero-order valence-corrected chi connectivity index (χ0v) is 9.98. The highest BCUT2D eigenvalue weighted by molar-refractivity contribution is 5.86. The summed E-state index contributed by atoms with van der Waals surface area (Å²) in [5, 5.41) is 11.3. The summed E-state index contributed by atoms with van der Waals surface area (Å²) in [7, 11) is 0. The number of fused-ring (bicyclic) bond motifs is 2. The van der Waals surface area contributed by atoms with Crippen LogP contribution in [0.3, 0.4) is 0 Å². The van der Waals surface area contributed by atoms with E-state index in [1.165, 1.54) is 0 Å². The lowest BCUT2D eigenvalue weighted by atomic mass is 9.82. The minimum Gasteiger partial charge on any atom is -0.481 e. The Bertz CT molecular complexity index is 419. The van der Waals surface area contributed by atoms with Crippen LogP contribution in [0.1, 0.15) is 12.8 Å². The van der Waals surface area contributed by atoms with Crippen molar-refractivity contribution in [1.82, 2.24) is 5.32 Å². The van der Waals surface area contributed by atoms with E-state index in [0.717, 1.165) is 0 Å². The van der Waals surface area contributed by atoms with Gasteiger partial charge >= 0.3 is 12.1 Å². The summed E-state index contributed by atoms with van der Waals surface area (Å²) in [6.45, 7) is -0.508. The van der Waals surface area contributed by atoms with E-state index in [0.29, 0.717) is 6.42 Å². The number of aliphatic carboxylic acids is 1. The molecule has 19 heavy (non-hydrogen) atoms. The van der Waals surface area contributed by atoms with Gasteiger partial charge in [0.1, 0.15) is 0 Å². The Hall–Kier alpha value is -1.53. The van der Waals surface area contributed by atoms with Crippen molar-refractivity contribution in [2.45, 2.75) is 19.0 Å². The Kier molecular flexibility index (Phi) is 3.56. The summed E-state index contributed by atoms with van der Waals surface area (Å²) >= 11 is 0. The second kappa shape index (κ2) is 4.86. The molecule has 2 aliphatic carbocycles. The molecular formula is C12H14F3NO3. The molecule has 2 bridgehead atoms. The van der Waals surface area contributed by atoms with Crippen LogP contribution in [0.15, 0.2) is 12.2 Å². The molecule has 0 aromatic carbocycles. The number of hydrogen-bond donors (Lipinski definition) is 2. The van der Waals surface area contributed by atoms with Gasteiger partial charge in [-0.3, -0.25) is 9.59 Å². The number of allylic oxidation sites excluding steroid dienone is 2. The molecule has 4 nitrogen and oxygen atoms in total. The van der Waals surface area contributed by atoms with Crippen LogP contribution in [0.25, 0.3) is 0 Å². The second-order valence-corrected chi connectivity index (χ2v) is 4.99. The maximum absolute atomic E-state index is 12.0. The molecule has 1 saturated carbocycles. The quantitative estimate of drug-likeness (QED) is 0.767. The molecule has 2 aliphatic rings. The molecular weight excluding hydrogens is 263 g/mol. The van der Waals surface area contributed by atoms with Crippen LogP contribution >= 0.6 is 0 Å². The van der Waals surface area contributed by atoms with Crippen LogP contribution < -0.4 is 5.32 Å². The zero-order valence-electron chi connectivity index (χ0n) is 9.98. The lowest BCUT2D eigenvalue weighted by molar-refractivity contribution is -0.148. The average Bonchev–Trinajstić information content (AvgIpc) is 2.85. The van der Waals surface area contributed by atoms with E-state index in [-0.39, 0.29) is 11.8 Å². The highest BCUT2D eigenvalue weighted by Gasteiger charge is 2.51. The van der Waals surface area contributed by atoms with Crippen molar-refractivity contribution in [3.05, 3.63) is 12.2 Å². The number of hydrogen-bond acceptors (Lipinski definition) is 2. The first-order valence-electron chi connectivity index (χ1n) is 6.05. The predicted octanol–water partition coefficient (Wildman–Crippen LogP) is 1.58. The molecule has 0 aromatic rings. The summed E-state index contributed by atoms with van der Waals surface area (Å²) in [6.07, 6.45) is -1.27. The fourth-order valence-electron chi connectivity index (χ4n) is 2.96. The average molecular weight is 277 g/mol. The minimum absolute atomic E-state index is 0.169. The molecule has 0 radical (unpaired) electrons. The molecule has 0 heterocycles. The van der Waals surface area contributed by atoms with Crippen molar-refractivity contribution in [2.24, 2.45) is 23.7 Å². The lowest BCUT2D eigenvalue weighted by Gasteiger charge is -2.23. The smallest absolute Gasteiger partial charge is 0.390 e.